The Balaban J connectivity index is 3.28. The van der Waals surface area contributed by atoms with Crippen LogP contribution in [-0.2, 0) is 6.18 Å². The van der Waals surface area contributed by atoms with Gasteiger partial charge in [-0.05, 0) is 13.0 Å². The first-order chi connectivity index (χ1) is 6.46. The molecule has 1 radical (unpaired) electrons. The molecule has 0 aliphatic rings. The fourth-order valence-corrected chi connectivity index (χ4v) is 1.02. The molecular formula is C10H7F4. The second-order valence-electron chi connectivity index (χ2n) is 2.61. The molecule has 0 fully saturated rings. The molecule has 14 heavy (non-hydrogen) atoms. The Hall–Kier alpha value is -1.32. The van der Waals surface area contributed by atoms with Crippen molar-refractivity contribution in [3.8, 4) is 0 Å². The average Bonchev–Trinajstić information content (AvgIpc) is 2.07. The Kier molecular flexibility index (Phi) is 2.93. The molecule has 0 N–H and O–H groups in total. The summed E-state index contributed by atoms with van der Waals surface area (Å²) in [6, 6.07) is 3.11. The van der Waals surface area contributed by atoms with Crippen LogP contribution in [0, 0.1) is 12.7 Å². The summed E-state index contributed by atoms with van der Waals surface area (Å²) in [5.74, 6) is -1.26. The molecule has 1 aromatic carbocycles. The van der Waals surface area contributed by atoms with Crippen molar-refractivity contribution in [3.05, 3.63) is 48.1 Å². The van der Waals surface area contributed by atoms with Gasteiger partial charge in [-0.1, -0.05) is 24.3 Å². The van der Waals surface area contributed by atoms with Gasteiger partial charge in [-0.2, -0.15) is 13.2 Å². The Morgan fingerprint density at radius 3 is 2.36 bits per heavy atom. The molecule has 0 saturated carbocycles. The van der Waals surface area contributed by atoms with Crippen LogP contribution < -0.4 is 0 Å². The molecule has 0 aliphatic heterocycles. The van der Waals surface area contributed by atoms with Gasteiger partial charge < -0.3 is 0 Å². The van der Waals surface area contributed by atoms with Gasteiger partial charge in [0.2, 0.25) is 0 Å². The molecule has 0 aromatic heterocycles. The lowest BCUT2D eigenvalue weighted by atomic mass is 10.1. The van der Waals surface area contributed by atoms with Crippen LogP contribution in [-0.4, -0.2) is 0 Å². The van der Waals surface area contributed by atoms with Crippen molar-refractivity contribution in [2.45, 2.75) is 6.18 Å². The van der Waals surface area contributed by atoms with Crippen molar-refractivity contribution in [1.82, 2.24) is 0 Å². The third-order valence-electron chi connectivity index (χ3n) is 1.63. The van der Waals surface area contributed by atoms with E-state index in [1.807, 2.05) is 0 Å². The van der Waals surface area contributed by atoms with Gasteiger partial charge in [0.15, 0.2) is 0 Å². The van der Waals surface area contributed by atoms with Crippen molar-refractivity contribution in [2.75, 3.05) is 0 Å². The number of allylic oxidation sites excluding steroid dienone is 1. The maximum Gasteiger partial charge on any atom is 0.419 e. The molecule has 0 amide bonds. The Morgan fingerprint density at radius 1 is 1.21 bits per heavy atom. The van der Waals surface area contributed by atoms with Gasteiger partial charge in [-0.15, -0.1) is 0 Å². The maximum atomic E-state index is 13.2. The molecule has 0 unspecified atom stereocenters. The molecule has 0 spiro atoms. The molecule has 1 aromatic rings. The quantitative estimate of drug-likeness (QED) is 0.610. The predicted molar refractivity (Wildman–Crippen MR) is 45.8 cm³/mol. The fourth-order valence-electron chi connectivity index (χ4n) is 1.02. The SMILES string of the molecule is [CH2]/C=C/c1cccc(C(F)(F)F)c1F. The lowest BCUT2D eigenvalue weighted by molar-refractivity contribution is -0.140. The van der Waals surface area contributed by atoms with Gasteiger partial charge in [-0.25, -0.2) is 4.39 Å². The second-order valence-corrected chi connectivity index (χ2v) is 2.61. The van der Waals surface area contributed by atoms with Crippen LogP contribution >= 0.6 is 0 Å². The summed E-state index contributed by atoms with van der Waals surface area (Å²) >= 11 is 0. The Bertz CT molecular complexity index is 350. The highest BCUT2D eigenvalue weighted by molar-refractivity contribution is 5.52. The van der Waals surface area contributed by atoms with E-state index in [1.165, 1.54) is 18.2 Å². The van der Waals surface area contributed by atoms with Gasteiger partial charge in [0.25, 0.3) is 0 Å². The number of hydrogen-bond donors (Lipinski definition) is 0. The molecule has 4 heteroatoms. The molecule has 75 valence electrons. The van der Waals surface area contributed by atoms with E-state index >= 15 is 0 Å². The minimum absolute atomic E-state index is 0.116. The summed E-state index contributed by atoms with van der Waals surface area (Å²) in [7, 11) is 0. The van der Waals surface area contributed by atoms with Gasteiger partial charge >= 0.3 is 6.18 Å². The summed E-state index contributed by atoms with van der Waals surface area (Å²) in [6.07, 6.45) is -2.24. The van der Waals surface area contributed by atoms with E-state index in [0.717, 1.165) is 6.07 Å². The minimum Gasteiger partial charge on any atom is -0.206 e. The largest absolute Gasteiger partial charge is 0.419 e. The number of alkyl halides is 3. The van der Waals surface area contributed by atoms with Crippen molar-refractivity contribution in [2.24, 2.45) is 0 Å². The number of rotatable bonds is 1. The number of benzene rings is 1. The van der Waals surface area contributed by atoms with E-state index < -0.39 is 17.6 Å². The topological polar surface area (TPSA) is 0 Å². The monoisotopic (exact) mass is 203 g/mol. The Labute approximate surface area is 78.9 Å². The van der Waals surface area contributed by atoms with E-state index in [0.29, 0.717) is 6.07 Å². The molecule has 1 rings (SSSR count). The maximum absolute atomic E-state index is 13.2. The summed E-state index contributed by atoms with van der Waals surface area (Å²) in [5.41, 5.74) is -1.37. The third-order valence-corrected chi connectivity index (χ3v) is 1.63. The van der Waals surface area contributed by atoms with Crippen LogP contribution in [0.25, 0.3) is 6.08 Å². The zero-order valence-corrected chi connectivity index (χ0v) is 7.11. The summed E-state index contributed by atoms with van der Waals surface area (Å²) in [4.78, 5) is 0. The van der Waals surface area contributed by atoms with Gasteiger partial charge in [0.1, 0.15) is 5.82 Å². The molecule has 0 atom stereocenters. The van der Waals surface area contributed by atoms with E-state index in [1.54, 1.807) is 0 Å². The molecule has 0 bridgehead atoms. The molecule has 0 heterocycles. The summed E-state index contributed by atoms with van der Waals surface area (Å²) in [6.45, 7) is 3.29. The van der Waals surface area contributed by atoms with E-state index in [9.17, 15) is 17.6 Å². The fraction of sp³-hybridized carbons (Fsp3) is 0.100. The summed E-state index contributed by atoms with van der Waals surface area (Å²) < 4.78 is 49.7. The highest BCUT2D eigenvalue weighted by atomic mass is 19.4. The van der Waals surface area contributed by atoms with Crippen LogP contribution in [0.2, 0.25) is 0 Å². The normalized spacial score (nSPS) is 12.4. The summed E-state index contributed by atoms with van der Waals surface area (Å²) in [5, 5.41) is 0. The first-order valence-electron chi connectivity index (χ1n) is 3.78. The van der Waals surface area contributed by atoms with Gasteiger partial charge in [0.05, 0.1) is 5.56 Å². The van der Waals surface area contributed by atoms with Crippen LogP contribution in [0.5, 0.6) is 0 Å². The van der Waals surface area contributed by atoms with Crippen molar-refractivity contribution < 1.29 is 17.6 Å². The number of hydrogen-bond acceptors (Lipinski definition) is 0. The van der Waals surface area contributed by atoms with E-state index in [-0.39, 0.29) is 5.56 Å². The third kappa shape index (κ3) is 2.13. The first kappa shape index (κ1) is 10.8. The van der Waals surface area contributed by atoms with Crippen LogP contribution in [0.15, 0.2) is 24.3 Å². The molecular weight excluding hydrogens is 196 g/mol. The van der Waals surface area contributed by atoms with E-state index in [4.69, 9.17) is 0 Å². The average molecular weight is 203 g/mol. The zero-order valence-electron chi connectivity index (χ0n) is 7.11. The second kappa shape index (κ2) is 3.82. The van der Waals surface area contributed by atoms with Crippen molar-refractivity contribution in [3.63, 3.8) is 0 Å². The van der Waals surface area contributed by atoms with Crippen LogP contribution in [0.1, 0.15) is 11.1 Å². The standard InChI is InChI=1S/C10H7F4/c1-2-4-7-5-3-6-8(9(7)11)10(12,13)14/h2-6H,1H2/b4-2+. The smallest absolute Gasteiger partial charge is 0.206 e. The number of halogens is 4. The van der Waals surface area contributed by atoms with Crippen LogP contribution in [0.3, 0.4) is 0 Å². The predicted octanol–water partition coefficient (Wildman–Crippen LogP) is 3.69. The lowest BCUT2D eigenvalue weighted by Crippen LogP contribution is -2.08. The van der Waals surface area contributed by atoms with E-state index in [2.05, 4.69) is 6.92 Å². The minimum atomic E-state index is -4.66. The molecule has 0 nitrogen and oxygen atoms in total. The van der Waals surface area contributed by atoms with Crippen molar-refractivity contribution in [1.29, 1.82) is 0 Å². The lowest BCUT2D eigenvalue weighted by Gasteiger charge is -2.08. The highest BCUT2D eigenvalue weighted by Gasteiger charge is 2.34. The molecule has 0 saturated heterocycles. The Morgan fingerprint density at radius 2 is 1.86 bits per heavy atom. The van der Waals surface area contributed by atoms with Gasteiger partial charge in [-0.3, -0.25) is 0 Å². The molecule has 0 aliphatic carbocycles. The zero-order chi connectivity index (χ0) is 10.8. The van der Waals surface area contributed by atoms with Crippen molar-refractivity contribution >= 4 is 6.08 Å². The highest BCUT2D eigenvalue weighted by Crippen LogP contribution is 2.32. The van der Waals surface area contributed by atoms with Crippen LogP contribution in [0.4, 0.5) is 17.6 Å². The van der Waals surface area contributed by atoms with Gasteiger partial charge in [0, 0.05) is 5.56 Å². The first-order valence-corrected chi connectivity index (χ1v) is 3.78.